The number of hydrogen-bond donors (Lipinski definition) is 0. The van der Waals surface area contributed by atoms with Gasteiger partial charge in [0.2, 0.25) is 17.6 Å². The second-order valence-electron chi connectivity index (χ2n) is 7.76. The lowest BCUT2D eigenvalue weighted by Gasteiger charge is -2.31. The molecule has 0 radical (unpaired) electrons. The maximum absolute atomic E-state index is 12.6. The second-order valence-corrected chi connectivity index (χ2v) is 7.76. The molecule has 1 aliphatic heterocycles. The van der Waals surface area contributed by atoms with E-state index in [1.54, 1.807) is 7.11 Å². The largest absolute Gasteiger partial charge is 0.497 e. The molecule has 6 heteroatoms. The van der Waals surface area contributed by atoms with E-state index in [9.17, 15) is 4.79 Å². The highest BCUT2D eigenvalue weighted by Crippen LogP contribution is 2.23. The van der Waals surface area contributed by atoms with Crippen molar-refractivity contribution in [1.82, 2.24) is 15.0 Å². The Morgan fingerprint density at radius 3 is 2.70 bits per heavy atom. The molecule has 2 aromatic carbocycles. The Kier molecular flexibility index (Phi) is 6.42. The van der Waals surface area contributed by atoms with Crippen LogP contribution >= 0.6 is 0 Å². The van der Waals surface area contributed by atoms with Crippen molar-refractivity contribution in [1.29, 1.82) is 0 Å². The van der Waals surface area contributed by atoms with E-state index in [1.165, 1.54) is 0 Å². The second kappa shape index (κ2) is 9.57. The van der Waals surface area contributed by atoms with Crippen LogP contribution in [0, 0.1) is 5.92 Å². The molecule has 1 amide bonds. The molecule has 1 aromatic heterocycles. The average molecular weight is 405 g/mol. The zero-order valence-corrected chi connectivity index (χ0v) is 17.3. The van der Waals surface area contributed by atoms with Crippen molar-refractivity contribution in [3.8, 4) is 17.1 Å². The molecule has 0 spiro atoms. The van der Waals surface area contributed by atoms with E-state index in [2.05, 4.69) is 10.1 Å². The van der Waals surface area contributed by atoms with Gasteiger partial charge in [0.05, 0.1) is 7.11 Å². The Morgan fingerprint density at radius 1 is 1.13 bits per heavy atom. The van der Waals surface area contributed by atoms with Gasteiger partial charge in [-0.25, -0.2) is 0 Å². The Balaban J connectivity index is 1.24. The molecule has 0 atom stereocenters. The molecule has 6 nitrogen and oxygen atoms in total. The lowest BCUT2D eigenvalue weighted by Crippen LogP contribution is -2.39. The van der Waals surface area contributed by atoms with Gasteiger partial charge in [-0.1, -0.05) is 47.6 Å². The number of ether oxygens (including phenoxy) is 1. The Hall–Kier alpha value is -3.15. The molecule has 0 aliphatic carbocycles. The van der Waals surface area contributed by atoms with Gasteiger partial charge in [-0.05, 0) is 42.9 Å². The minimum Gasteiger partial charge on any atom is -0.497 e. The van der Waals surface area contributed by atoms with Gasteiger partial charge in [0.25, 0.3) is 0 Å². The third-order valence-corrected chi connectivity index (χ3v) is 5.69. The van der Waals surface area contributed by atoms with E-state index in [-0.39, 0.29) is 5.91 Å². The van der Waals surface area contributed by atoms with Gasteiger partial charge in [0.15, 0.2) is 0 Å². The monoisotopic (exact) mass is 405 g/mol. The Labute approximate surface area is 176 Å². The van der Waals surface area contributed by atoms with E-state index in [0.29, 0.717) is 24.1 Å². The van der Waals surface area contributed by atoms with Crippen LogP contribution in [0.1, 0.15) is 30.7 Å². The lowest BCUT2D eigenvalue weighted by molar-refractivity contribution is -0.132. The Bertz CT molecular complexity index is 963. The van der Waals surface area contributed by atoms with Crippen LogP contribution < -0.4 is 4.74 Å². The minimum atomic E-state index is 0.223. The van der Waals surface area contributed by atoms with Crippen LogP contribution in [-0.2, 0) is 17.6 Å². The zero-order valence-electron chi connectivity index (χ0n) is 17.3. The van der Waals surface area contributed by atoms with Crippen LogP contribution in [0.5, 0.6) is 5.75 Å². The number of carbonyl (C=O) groups is 1. The normalized spacial score (nSPS) is 14.6. The fourth-order valence-electron chi connectivity index (χ4n) is 3.91. The Morgan fingerprint density at radius 2 is 1.93 bits per heavy atom. The molecule has 0 unspecified atom stereocenters. The van der Waals surface area contributed by atoms with Gasteiger partial charge in [0.1, 0.15) is 5.75 Å². The molecule has 0 N–H and O–H groups in total. The zero-order chi connectivity index (χ0) is 20.8. The highest BCUT2D eigenvalue weighted by molar-refractivity contribution is 5.76. The number of carbonyl (C=O) groups excluding carboxylic acids is 1. The lowest BCUT2D eigenvalue weighted by atomic mass is 9.93. The number of benzene rings is 2. The van der Waals surface area contributed by atoms with Crippen molar-refractivity contribution in [2.24, 2.45) is 5.92 Å². The standard InChI is InChI=1S/C24H27N3O3/c1-29-21-9-5-6-18(16-21)10-11-23(28)27-14-12-19(13-15-27)17-22-25-24(26-30-22)20-7-3-2-4-8-20/h2-9,16,19H,10-15,17H2,1H3. The first-order valence-electron chi connectivity index (χ1n) is 10.5. The number of hydrogen-bond acceptors (Lipinski definition) is 5. The highest BCUT2D eigenvalue weighted by Gasteiger charge is 2.24. The number of likely N-dealkylation sites (tertiary alicyclic amines) is 1. The quantitative estimate of drug-likeness (QED) is 0.590. The van der Waals surface area contributed by atoms with Crippen LogP contribution in [0.25, 0.3) is 11.4 Å². The summed E-state index contributed by atoms with van der Waals surface area (Å²) in [5.41, 5.74) is 2.09. The van der Waals surface area contributed by atoms with Crippen molar-refractivity contribution in [2.75, 3.05) is 20.2 Å². The van der Waals surface area contributed by atoms with E-state index >= 15 is 0 Å². The van der Waals surface area contributed by atoms with E-state index < -0.39 is 0 Å². The van der Waals surface area contributed by atoms with Crippen molar-refractivity contribution in [3.63, 3.8) is 0 Å². The van der Waals surface area contributed by atoms with Crippen molar-refractivity contribution in [3.05, 3.63) is 66.1 Å². The summed E-state index contributed by atoms with van der Waals surface area (Å²) in [4.78, 5) is 19.1. The van der Waals surface area contributed by atoms with E-state index in [4.69, 9.17) is 9.26 Å². The molecule has 30 heavy (non-hydrogen) atoms. The molecule has 3 aromatic rings. The summed E-state index contributed by atoms with van der Waals surface area (Å²) < 4.78 is 10.7. The van der Waals surface area contributed by atoms with Crippen LogP contribution in [0.15, 0.2) is 59.1 Å². The fraction of sp³-hybridized carbons (Fsp3) is 0.375. The molecule has 156 valence electrons. The molecule has 0 bridgehead atoms. The van der Waals surface area contributed by atoms with Crippen molar-refractivity contribution in [2.45, 2.75) is 32.1 Å². The molecular weight excluding hydrogens is 378 g/mol. The number of nitrogens with zero attached hydrogens (tertiary/aromatic N) is 3. The summed E-state index contributed by atoms with van der Waals surface area (Å²) in [6.45, 7) is 1.59. The first-order chi connectivity index (χ1) is 14.7. The summed E-state index contributed by atoms with van der Waals surface area (Å²) in [5.74, 6) is 2.83. The first-order valence-corrected chi connectivity index (χ1v) is 10.5. The smallest absolute Gasteiger partial charge is 0.227 e. The van der Waals surface area contributed by atoms with Crippen LogP contribution in [-0.4, -0.2) is 41.1 Å². The fourth-order valence-corrected chi connectivity index (χ4v) is 3.91. The molecule has 2 heterocycles. The number of rotatable bonds is 7. The molecule has 1 saturated heterocycles. The van der Waals surface area contributed by atoms with E-state index in [1.807, 2.05) is 59.5 Å². The number of piperidine rings is 1. The molecular formula is C24H27N3O3. The molecule has 0 saturated carbocycles. The van der Waals surface area contributed by atoms with Crippen molar-refractivity contribution >= 4 is 5.91 Å². The summed E-state index contributed by atoms with van der Waals surface area (Å²) >= 11 is 0. The number of aromatic nitrogens is 2. The minimum absolute atomic E-state index is 0.223. The number of methoxy groups -OCH3 is 1. The summed E-state index contributed by atoms with van der Waals surface area (Å²) in [5, 5.41) is 4.10. The van der Waals surface area contributed by atoms with Gasteiger partial charge < -0.3 is 14.2 Å². The predicted molar refractivity (Wildman–Crippen MR) is 114 cm³/mol. The third-order valence-electron chi connectivity index (χ3n) is 5.69. The number of aryl methyl sites for hydroxylation is 1. The van der Waals surface area contributed by atoms with E-state index in [0.717, 1.165) is 55.6 Å². The molecule has 1 aliphatic rings. The first kappa shape index (κ1) is 20.1. The van der Waals surface area contributed by atoms with Gasteiger partial charge in [-0.3, -0.25) is 4.79 Å². The summed E-state index contributed by atoms with van der Waals surface area (Å²) in [6, 6.07) is 17.8. The third kappa shape index (κ3) is 5.06. The van der Waals surface area contributed by atoms with Crippen LogP contribution in [0.4, 0.5) is 0 Å². The SMILES string of the molecule is COc1cccc(CCC(=O)N2CCC(Cc3nc(-c4ccccc4)no3)CC2)c1. The van der Waals surface area contributed by atoms with Gasteiger partial charge in [-0.2, -0.15) is 4.98 Å². The van der Waals surface area contributed by atoms with Crippen molar-refractivity contribution < 1.29 is 14.1 Å². The summed E-state index contributed by atoms with van der Waals surface area (Å²) in [6.07, 6.45) is 3.97. The van der Waals surface area contributed by atoms with Gasteiger partial charge in [-0.15, -0.1) is 0 Å². The average Bonchev–Trinajstić information content (AvgIpc) is 3.27. The maximum atomic E-state index is 12.6. The number of amides is 1. The van der Waals surface area contributed by atoms with Crippen LogP contribution in [0.3, 0.4) is 0 Å². The molecule has 1 fully saturated rings. The maximum Gasteiger partial charge on any atom is 0.227 e. The topological polar surface area (TPSA) is 68.5 Å². The van der Waals surface area contributed by atoms with Crippen LogP contribution in [0.2, 0.25) is 0 Å². The van der Waals surface area contributed by atoms with Gasteiger partial charge >= 0.3 is 0 Å². The predicted octanol–water partition coefficient (Wildman–Crippen LogP) is 4.16. The summed E-state index contributed by atoms with van der Waals surface area (Å²) in [7, 11) is 1.66. The molecule has 4 rings (SSSR count). The highest BCUT2D eigenvalue weighted by atomic mass is 16.5. The van der Waals surface area contributed by atoms with Gasteiger partial charge in [0, 0.05) is 31.5 Å².